The second kappa shape index (κ2) is 11.0. The maximum Gasteiger partial charge on any atom is 0.435 e. The smallest absolute Gasteiger partial charge is 0.387 e. The molecule has 1 fully saturated rings. The highest BCUT2D eigenvalue weighted by Crippen LogP contribution is 2.36. The molecular weight excluding hydrogens is 547 g/mol. The number of likely N-dealkylation sites (tertiary alicyclic amines) is 1. The normalized spacial score (nSPS) is 18.5. The molecule has 0 N–H and O–H groups in total. The zero-order chi connectivity index (χ0) is 26.0. The largest absolute Gasteiger partial charge is 0.435 e. The Morgan fingerprint density at radius 3 is 2.65 bits per heavy atom. The third kappa shape index (κ3) is 6.07. The van der Waals surface area contributed by atoms with Gasteiger partial charge in [-0.1, -0.05) is 46.7 Å². The van der Waals surface area contributed by atoms with E-state index in [1.807, 2.05) is 29.6 Å². The van der Waals surface area contributed by atoms with E-state index in [4.69, 9.17) is 21.4 Å². The lowest BCUT2D eigenvalue weighted by Gasteiger charge is -2.31. The molecule has 13 heteroatoms. The highest BCUT2D eigenvalue weighted by Gasteiger charge is 2.33. The molecule has 1 unspecified atom stereocenters. The van der Waals surface area contributed by atoms with Crippen LogP contribution in [0.25, 0.3) is 0 Å². The standard InChI is InChI=1S/C24H21ClF3N5O2S2/c25-16-4-2-1-3-15(16)19-11-17(32-35-19)18-12-37-23(29-18)14-7-9-33(10-8-14)22(34)13-36-21-6-5-20(30-31-21)24(26,27)28/h1-6,12,14,19H,7-11,13H2. The topological polar surface area (TPSA) is 80.6 Å². The summed E-state index contributed by atoms with van der Waals surface area (Å²) >= 11 is 8.96. The molecule has 5 rings (SSSR count). The van der Waals surface area contributed by atoms with Crippen molar-refractivity contribution in [1.82, 2.24) is 20.1 Å². The molecule has 2 aromatic heterocycles. The van der Waals surface area contributed by atoms with Crippen molar-refractivity contribution < 1.29 is 22.8 Å². The Kier molecular flexibility index (Phi) is 7.68. The monoisotopic (exact) mass is 567 g/mol. The first kappa shape index (κ1) is 25.9. The molecule has 0 spiro atoms. The molecule has 194 valence electrons. The molecule has 7 nitrogen and oxygen atoms in total. The predicted molar refractivity (Wildman–Crippen MR) is 135 cm³/mol. The van der Waals surface area contributed by atoms with Crippen LogP contribution in [0.15, 0.2) is 52.0 Å². The van der Waals surface area contributed by atoms with Gasteiger partial charge in [0.05, 0.1) is 16.5 Å². The Hall–Kier alpha value is -2.70. The number of oxime groups is 1. The van der Waals surface area contributed by atoms with Gasteiger partial charge in [-0.3, -0.25) is 4.79 Å². The van der Waals surface area contributed by atoms with Crippen molar-refractivity contribution in [2.45, 2.75) is 42.5 Å². The first-order chi connectivity index (χ1) is 17.8. The summed E-state index contributed by atoms with van der Waals surface area (Å²) in [6.07, 6.45) is -2.59. The van der Waals surface area contributed by atoms with Gasteiger partial charge in [-0.05, 0) is 31.0 Å². The van der Waals surface area contributed by atoms with Crippen LogP contribution < -0.4 is 0 Å². The van der Waals surface area contributed by atoms with Gasteiger partial charge in [-0.2, -0.15) is 13.2 Å². The Labute approximate surface area is 224 Å². The molecule has 1 amide bonds. The molecular formula is C24H21ClF3N5O2S2. The van der Waals surface area contributed by atoms with Crippen molar-refractivity contribution in [2.75, 3.05) is 18.8 Å². The van der Waals surface area contributed by atoms with Crippen LogP contribution in [-0.2, 0) is 15.8 Å². The van der Waals surface area contributed by atoms with Crippen molar-refractivity contribution >= 4 is 46.3 Å². The summed E-state index contributed by atoms with van der Waals surface area (Å²) in [5.74, 6) is 0.269. The van der Waals surface area contributed by atoms with Crippen LogP contribution in [0, 0.1) is 0 Å². The average Bonchev–Trinajstić information content (AvgIpc) is 3.58. The van der Waals surface area contributed by atoms with Crippen LogP contribution in [0.4, 0.5) is 13.2 Å². The molecule has 0 aliphatic carbocycles. The number of benzene rings is 1. The lowest BCUT2D eigenvalue weighted by atomic mass is 9.97. The maximum atomic E-state index is 12.6. The number of thiazole rings is 1. The number of carbonyl (C=O) groups excluding carboxylic acids is 1. The number of thioether (sulfide) groups is 1. The third-order valence-corrected chi connectivity index (χ3v) is 8.47. The van der Waals surface area contributed by atoms with Gasteiger partial charge in [-0.15, -0.1) is 21.5 Å². The zero-order valence-corrected chi connectivity index (χ0v) is 21.7. The lowest BCUT2D eigenvalue weighted by Crippen LogP contribution is -2.38. The molecule has 0 bridgehead atoms. The van der Waals surface area contributed by atoms with E-state index in [0.29, 0.717) is 24.5 Å². The molecule has 2 aliphatic rings. The molecule has 37 heavy (non-hydrogen) atoms. The number of rotatable bonds is 6. The first-order valence-corrected chi connectivity index (χ1v) is 13.8. The predicted octanol–water partition coefficient (Wildman–Crippen LogP) is 5.97. The van der Waals surface area contributed by atoms with E-state index < -0.39 is 11.9 Å². The molecule has 1 saturated heterocycles. The molecule has 4 heterocycles. The number of halogens is 4. The summed E-state index contributed by atoms with van der Waals surface area (Å²) in [5.41, 5.74) is 1.45. The molecule has 0 radical (unpaired) electrons. The Balaban J connectivity index is 1.10. The Morgan fingerprint density at radius 1 is 1.16 bits per heavy atom. The summed E-state index contributed by atoms with van der Waals surface area (Å²) in [7, 11) is 0. The van der Waals surface area contributed by atoms with Crippen LogP contribution in [0.5, 0.6) is 0 Å². The van der Waals surface area contributed by atoms with Crippen LogP contribution in [-0.4, -0.2) is 50.5 Å². The zero-order valence-electron chi connectivity index (χ0n) is 19.3. The lowest BCUT2D eigenvalue weighted by molar-refractivity contribution is -0.141. The van der Waals surface area contributed by atoms with Gasteiger partial charge in [0.15, 0.2) is 11.8 Å². The summed E-state index contributed by atoms with van der Waals surface area (Å²) in [6, 6.07) is 9.66. The van der Waals surface area contributed by atoms with Gasteiger partial charge in [0.25, 0.3) is 0 Å². The van der Waals surface area contributed by atoms with E-state index in [1.165, 1.54) is 6.07 Å². The van der Waals surface area contributed by atoms with E-state index in [-0.39, 0.29) is 28.7 Å². The second-order valence-corrected chi connectivity index (χ2v) is 10.9. The SMILES string of the molecule is O=C(CSc1ccc(C(F)(F)F)nn1)N1CCC(c2nc(C3=NOC(c4ccccc4Cl)C3)cs2)CC1. The van der Waals surface area contributed by atoms with Gasteiger partial charge in [0.2, 0.25) is 5.91 Å². The maximum absolute atomic E-state index is 12.6. The molecule has 0 saturated carbocycles. The average molecular weight is 568 g/mol. The highest BCUT2D eigenvalue weighted by molar-refractivity contribution is 7.99. The van der Waals surface area contributed by atoms with E-state index >= 15 is 0 Å². The van der Waals surface area contributed by atoms with E-state index in [2.05, 4.69) is 15.4 Å². The number of hydrogen-bond acceptors (Lipinski definition) is 8. The fraction of sp³-hybridized carbons (Fsp3) is 0.375. The minimum Gasteiger partial charge on any atom is -0.387 e. The number of nitrogens with zero attached hydrogens (tertiary/aromatic N) is 5. The van der Waals surface area contributed by atoms with Crippen molar-refractivity contribution in [3.8, 4) is 0 Å². The van der Waals surface area contributed by atoms with E-state index in [1.54, 1.807) is 16.2 Å². The van der Waals surface area contributed by atoms with Gasteiger partial charge in [0.1, 0.15) is 10.7 Å². The number of piperidine rings is 1. The minimum atomic E-state index is -4.54. The highest BCUT2D eigenvalue weighted by atomic mass is 35.5. The van der Waals surface area contributed by atoms with Crippen LogP contribution in [0.1, 0.15) is 53.2 Å². The van der Waals surface area contributed by atoms with Crippen LogP contribution >= 0.6 is 34.7 Å². The molecule has 1 atom stereocenters. The fourth-order valence-corrected chi connectivity index (χ4v) is 6.16. The summed E-state index contributed by atoms with van der Waals surface area (Å²) in [6.45, 7) is 1.19. The minimum absolute atomic E-state index is 0.0759. The van der Waals surface area contributed by atoms with Gasteiger partial charge >= 0.3 is 6.18 Å². The van der Waals surface area contributed by atoms with Crippen LogP contribution in [0.2, 0.25) is 5.02 Å². The third-order valence-electron chi connectivity index (χ3n) is 6.21. The van der Waals surface area contributed by atoms with E-state index in [0.717, 1.165) is 52.6 Å². The first-order valence-electron chi connectivity index (χ1n) is 11.5. The Bertz CT molecular complexity index is 1290. The summed E-state index contributed by atoms with van der Waals surface area (Å²) in [4.78, 5) is 24.8. The number of aromatic nitrogens is 3. The van der Waals surface area contributed by atoms with Crippen molar-refractivity contribution in [3.63, 3.8) is 0 Å². The van der Waals surface area contributed by atoms with Crippen molar-refractivity contribution in [1.29, 1.82) is 0 Å². The Morgan fingerprint density at radius 2 is 1.95 bits per heavy atom. The fourth-order valence-electron chi connectivity index (χ4n) is 4.19. The second-order valence-electron chi connectivity index (χ2n) is 8.63. The van der Waals surface area contributed by atoms with Gasteiger partial charge in [0, 0.05) is 41.4 Å². The summed E-state index contributed by atoms with van der Waals surface area (Å²) in [5, 5.41) is 14.9. The van der Waals surface area contributed by atoms with Crippen molar-refractivity contribution in [3.05, 3.63) is 68.8 Å². The van der Waals surface area contributed by atoms with Gasteiger partial charge in [-0.25, -0.2) is 4.98 Å². The van der Waals surface area contributed by atoms with Gasteiger partial charge < -0.3 is 9.74 Å². The summed E-state index contributed by atoms with van der Waals surface area (Å²) < 4.78 is 37.8. The molecule has 2 aliphatic heterocycles. The quantitative estimate of drug-likeness (QED) is 0.341. The van der Waals surface area contributed by atoms with Crippen LogP contribution in [0.3, 0.4) is 0 Å². The van der Waals surface area contributed by atoms with Crippen molar-refractivity contribution in [2.24, 2.45) is 5.16 Å². The van der Waals surface area contributed by atoms with E-state index in [9.17, 15) is 18.0 Å². The number of amides is 1. The number of carbonyl (C=O) groups is 1. The molecule has 3 aromatic rings. The number of hydrogen-bond donors (Lipinski definition) is 0. The number of alkyl halides is 3. The molecule has 1 aromatic carbocycles.